The van der Waals surface area contributed by atoms with Gasteiger partial charge in [0.15, 0.2) is 16.8 Å². The SMILES string of the molecule is O=C(Nc1nccs1)/C(=C/CC1CCCC1)c1ccc(F)c(F)c1. The van der Waals surface area contributed by atoms with Crippen molar-refractivity contribution in [2.75, 3.05) is 5.32 Å². The lowest BCUT2D eigenvalue weighted by molar-refractivity contribution is -0.111. The van der Waals surface area contributed by atoms with Crippen LogP contribution in [0.25, 0.3) is 5.57 Å². The van der Waals surface area contributed by atoms with Crippen LogP contribution in [0.15, 0.2) is 35.9 Å². The van der Waals surface area contributed by atoms with Crippen LogP contribution in [0.5, 0.6) is 0 Å². The highest BCUT2D eigenvalue weighted by Crippen LogP contribution is 2.30. The Hall–Kier alpha value is -2.08. The van der Waals surface area contributed by atoms with Crippen LogP contribution in [0.4, 0.5) is 13.9 Å². The summed E-state index contributed by atoms with van der Waals surface area (Å²) >= 11 is 1.31. The number of hydrogen-bond donors (Lipinski definition) is 1. The van der Waals surface area contributed by atoms with Crippen molar-refractivity contribution in [3.8, 4) is 0 Å². The van der Waals surface area contributed by atoms with Gasteiger partial charge in [0.25, 0.3) is 5.91 Å². The number of rotatable bonds is 5. The Bertz CT molecular complexity index is 737. The van der Waals surface area contributed by atoms with E-state index in [0.29, 0.717) is 22.2 Å². The van der Waals surface area contributed by atoms with Crippen molar-refractivity contribution in [2.24, 2.45) is 5.92 Å². The highest BCUT2D eigenvalue weighted by Gasteiger charge is 2.18. The first-order valence-corrected chi connectivity index (χ1v) is 8.88. The summed E-state index contributed by atoms with van der Waals surface area (Å²) in [5.74, 6) is -1.68. The van der Waals surface area contributed by atoms with Gasteiger partial charge in [-0.2, -0.15) is 0 Å². The summed E-state index contributed by atoms with van der Waals surface area (Å²) in [6, 6.07) is 3.54. The highest BCUT2D eigenvalue weighted by molar-refractivity contribution is 7.13. The number of thiazole rings is 1. The summed E-state index contributed by atoms with van der Waals surface area (Å²) in [6.45, 7) is 0. The first kappa shape index (κ1) is 16.8. The van der Waals surface area contributed by atoms with Gasteiger partial charge in [-0.05, 0) is 30.0 Å². The molecule has 1 N–H and O–H groups in total. The molecule has 0 aliphatic heterocycles. The summed E-state index contributed by atoms with van der Waals surface area (Å²) in [6.07, 6.45) is 8.92. The number of allylic oxidation sites excluding steroid dienone is 1. The predicted molar refractivity (Wildman–Crippen MR) is 91.7 cm³/mol. The van der Waals surface area contributed by atoms with Gasteiger partial charge in [-0.3, -0.25) is 10.1 Å². The number of nitrogens with one attached hydrogen (secondary N) is 1. The number of carbonyl (C=O) groups excluding carboxylic acids is 1. The van der Waals surface area contributed by atoms with Crippen molar-refractivity contribution >= 4 is 27.9 Å². The Morgan fingerprint density at radius 3 is 2.75 bits per heavy atom. The molecule has 1 aliphatic carbocycles. The van der Waals surface area contributed by atoms with E-state index in [0.717, 1.165) is 31.4 Å². The standard InChI is InChI=1S/C18H18F2N2OS/c19-15-8-6-13(11-16(15)20)14(7-5-12-3-1-2-4-12)17(23)22-18-21-9-10-24-18/h6-12H,1-5H2,(H,21,22,23)/b14-7+. The lowest BCUT2D eigenvalue weighted by Gasteiger charge is -2.10. The Labute approximate surface area is 143 Å². The normalized spacial score (nSPS) is 15.7. The van der Waals surface area contributed by atoms with Crippen LogP contribution in [0.3, 0.4) is 0 Å². The zero-order valence-electron chi connectivity index (χ0n) is 13.1. The van der Waals surface area contributed by atoms with Crippen molar-refractivity contribution < 1.29 is 13.6 Å². The number of halogens is 2. The number of hydrogen-bond acceptors (Lipinski definition) is 3. The fourth-order valence-electron chi connectivity index (χ4n) is 2.99. The summed E-state index contributed by atoms with van der Waals surface area (Å²) in [4.78, 5) is 16.6. The number of benzene rings is 1. The van der Waals surface area contributed by atoms with E-state index < -0.39 is 11.6 Å². The highest BCUT2D eigenvalue weighted by atomic mass is 32.1. The Morgan fingerprint density at radius 1 is 1.29 bits per heavy atom. The van der Waals surface area contributed by atoms with Gasteiger partial charge in [0.05, 0.1) is 0 Å². The number of aromatic nitrogens is 1. The smallest absolute Gasteiger partial charge is 0.257 e. The Morgan fingerprint density at radius 2 is 2.08 bits per heavy atom. The van der Waals surface area contributed by atoms with Gasteiger partial charge in [0, 0.05) is 17.2 Å². The van der Waals surface area contributed by atoms with Gasteiger partial charge in [-0.15, -0.1) is 11.3 Å². The zero-order valence-corrected chi connectivity index (χ0v) is 13.9. The van der Waals surface area contributed by atoms with Crippen LogP contribution in [-0.4, -0.2) is 10.9 Å². The van der Waals surface area contributed by atoms with Gasteiger partial charge >= 0.3 is 0 Å². The van der Waals surface area contributed by atoms with Crippen LogP contribution in [0.2, 0.25) is 0 Å². The van der Waals surface area contributed by atoms with E-state index in [-0.39, 0.29) is 5.91 Å². The van der Waals surface area contributed by atoms with Crippen LogP contribution >= 0.6 is 11.3 Å². The molecule has 1 aliphatic rings. The topological polar surface area (TPSA) is 42.0 Å². The minimum absolute atomic E-state index is 0.353. The molecule has 0 bridgehead atoms. The van der Waals surface area contributed by atoms with Crippen molar-refractivity contribution in [3.63, 3.8) is 0 Å². The van der Waals surface area contributed by atoms with E-state index in [1.165, 1.54) is 30.2 Å². The molecule has 126 valence electrons. The van der Waals surface area contributed by atoms with Crippen molar-refractivity contribution in [1.82, 2.24) is 4.98 Å². The summed E-state index contributed by atoms with van der Waals surface area (Å²) in [7, 11) is 0. The average Bonchev–Trinajstić information content (AvgIpc) is 3.24. The first-order chi connectivity index (χ1) is 11.6. The number of nitrogens with zero attached hydrogens (tertiary/aromatic N) is 1. The minimum atomic E-state index is -0.957. The third-order valence-corrected chi connectivity index (χ3v) is 4.95. The van der Waals surface area contributed by atoms with Gasteiger partial charge < -0.3 is 0 Å². The molecule has 3 rings (SSSR count). The van der Waals surface area contributed by atoms with E-state index in [2.05, 4.69) is 10.3 Å². The van der Waals surface area contributed by atoms with Gasteiger partial charge in [0.1, 0.15) is 0 Å². The van der Waals surface area contributed by atoms with Crippen LogP contribution in [0.1, 0.15) is 37.7 Å². The molecule has 2 aromatic rings. The van der Waals surface area contributed by atoms with Crippen LogP contribution < -0.4 is 5.32 Å². The third-order valence-electron chi connectivity index (χ3n) is 4.26. The van der Waals surface area contributed by atoms with E-state index in [1.54, 1.807) is 11.6 Å². The molecule has 1 amide bonds. The molecule has 6 heteroatoms. The predicted octanol–water partition coefficient (Wildman–Crippen LogP) is 5.02. The van der Waals surface area contributed by atoms with E-state index in [4.69, 9.17) is 0 Å². The lowest BCUT2D eigenvalue weighted by Crippen LogP contribution is -2.14. The third kappa shape index (κ3) is 4.06. The van der Waals surface area contributed by atoms with E-state index in [9.17, 15) is 13.6 Å². The molecule has 0 radical (unpaired) electrons. The number of anilines is 1. The molecule has 3 nitrogen and oxygen atoms in total. The second-order valence-corrected chi connectivity index (χ2v) is 6.82. The molecule has 1 aromatic carbocycles. The average molecular weight is 348 g/mol. The molecule has 1 aromatic heterocycles. The molecule has 1 saturated carbocycles. The second kappa shape index (κ2) is 7.66. The zero-order chi connectivity index (χ0) is 16.9. The maximum absolute atomic E-state index is 13.6. The first-order valence-electron chi connectivity index (χ1n) is 8.00. The number of carbonyl (C=O) groups is 1. The van der Waals surface area contributed by atoms with Gasteiger partial charge in [-0.25, -0.2) is 13.8 Å². The molecule has 0 unspecified atom stereocenters. The maximum atomic E-state index is 13.6. The Balaban J connectivity index is 1.85. The molecule has 0 saturated heterocycles. The van der Waals surface area contributed by atoms with Gasteiger partial charge in [-0.1, -0.05) is 37.8 Å². The fraction of sp³-hybridized carbons (Fsp3) is 0.333. The monoisotopic (exact) mass is 348 g/mol. The molecule has 24 heavy (non-hydrogen) atoms. The van der Waals surface area contributed by atoms with E-state index >= 15 is 0 Å². The quantitative estimate of drug-likeness (QED) is 0.771. The van der Waals surface area contributed by atoms with Gasteiger partial charge in [0.2, 0.25) is 0 Å². The van der Waals surface area contributed by atoms with Crippen LogP contribution in [0, 0.1) is 17.6 Å². The summed E-state index contributed by atoms with van der Waals surface area (Å²) in [5.41, 5.74) is 0.733. The number of amides is 1. The van der Waals surface area contributed by atoms with Crippen molar-refractivity contribution in [2.45, 2.75) is 32.1 Å². The van der Waals surface area contributed by atoms with Crippen molar-refractivity contribution in [3.05, 3.63) is 53.0 Å². The summed E-state index contributed by atoms with van der Waals surface area (Å²) in [5, 5.41) is 4.95. The Kier molecular flexibility index (Phi) is 5.35. The molecule has 1 fully saturated rings. The van der Waals surface area contributed by atoms with Crippen molar-refractivity contribution in [1.29, 1.82) is 0 Å². The maximum Gasteiger partial charge on any atom is 0.257 e. The minimum Gasteiger partial charge on any atom is -0.298 e. The molecular formula is C18H18F2N2OS. The summed E-state index contributed by atoms with van der Waals surface area (Å²) < 4.78 is 26.8. The molecule has 1 heterocycles. The molecule has 0 spiro atoms. The molecular weight excluding hydrogens is 330 g/mol. The second-order valence-electron chi connectivity index (χ2n) is 5.92. The van der Waals surface area contributed by atoms with E-state index in [1.807, 2.05) is 6.08 Å². The largest absolute Gasteiger partial charge is 0.298 e. The lowest BCUT2D eigenvalue weighted by atomic mass is 9.98. The van der Waals surface area contributed by atoms with Crippen LogP contribution in [-0.2, 0) is 4.79 Å². The fourth-order valence-corrected chi connectivity index (χ4v) is 3.51. The molecule has 0 atom stereocenters.